The highest BCUT2D eigenvalue weighted by Crippen LogP contribution is 2.30. The molecule has 0 spiro atoms. The molecule has 1 aliphatic carbocycles. The normalized spacial score (nSPS) is 13.5. The summed E-state index contributed by atoms with van der Waals surface area (Å²) in [6, 6.07) is 3.88. The van der Waals surface area contributed by atoms with Crippen LogP contribution in [-0.4, -0.2) is 50.8 Å². The van der Waals surface area contributed by atoms with E-state index >= 15 is 0 Å². The predicted octanol–water partition coefficient (Wildman–Crippen LogP) is 3.43. The minimum Gasteiger partial charge on any atom is -0.624 e. The van der Waals surface area contributed by atoms with E-state index in [0.717, 1.165) is 64.0 Å². The van der Waals surface area contributed by atoms with E-state index < -0.39 is 5.54 Å². The molecule has 0 amide bonds. The summed E-state index contributed by atoms with van der Waals surface area (Å²) in [5.41, 5.74) is 3.11. The van der Waals surface area contributed by atoms with Gasteiger partial charge in [-0.05, 0) is 24.5 Å². The first-order valence-electron chi connectivity index (χ1n) is 9.52. The van der Waals surface area contributed by atoms with Crippen molar-refractivity contribution in [3.05, 3.63) is 46.1 Å². The minimum atomic E-state index is -0.509. The first-order chi connectivity index (χ1) is 12.7. The molecule has 6 heteroatoms. The maximum atomic E-state index is 12.4. The maximum Gasteiger partial charge on any atom is 0.183 e. The van der Waals surface area contributed by atoms with E-state index in [1.54, 1.807) is 12.4 Å². The summed E-state index contributed by atoms with van der Waals surface area (Å²) in [5, 5.41) is 32.8. The van der Waals surface area contributed by atoms with E-state index in [-0.39, 0.29) is 6.61 Å². The van der Waals surface area contributed by atoms with Gasteiger partial charge in [0.25, 0.3) is 0 Å². The number of rotatable bonds is 8. The Morgan fingerprint density at radius 2 is 1.67 bits per heavy atom. The number of aromatic nitrogens is 1. The van der Waals surface area contributed by atoms with Crippen LogP contribution in [-0.2, 0) is 6.54 Å². The maximum absolute atomic E-state index is 12.4. The van der Waals surface area contributed by atoms with Crippen LogP contribution in [0.4, 0.5) is 0 Å². The number of unbranched alkanes of at least 4 members (excludes halogenated alkanes) is 3. The molecule has 2 rings (SSSR count). The number of fused-ring (bicyclic) bond motifs is 1. The Labute approximate surface area is 161 Å². The second-order valence-corrected chi connectivity index (χ2v) is 8.01. The van der Waals surface area contributed by atoms with Crippen molar-refractivity contribution in [3.8, 4) is 11.1 Å². The Balaban J connectivity index is 2.37. The molecule has 1 aliphatic heterocycles. The SMILES string of the molecule is C/[N+]([O-])=C/c1cn(CCCCCCO)cc2c(/C=[N+](\[O-])C(C)(C)C)ccc1-2. The molecule has 148 valence electrons. The fraction of sp³-hybridized carbons (Fsp3) is 0.524. The summed E-state index contributed by atoms with van der Waals surface area (Å²) >= 11 is 0. The van der Waals surface area contributed by atoms with Crippen LogP contribution < -0.4 is 0 Å². The fourth-order valence-corrected chi connectivity index (χ4v) is 2.98. The summed E-state index contributed by atoms with van der Waals surface area (Å²) in [6.07, 6.45) is 11.1. The highest BCUT2D eigenvalue weighted by atomic mass is 16.5. The van der Waals surface area contributed by atoms with Crippen molar-refractivity contribution in [2.45, 2.75) is 58.5 Å². The molecule has 6 nitrogen and oxygen atoms in total. The van der Waals surface area contributed by atoms with Crippen molar-refractivity contribution in [2.75, 3.05) is 13.7 Å². The van der Waals surface area contributed by atoms with E-state index in [1.807, 2.05) is 45.3 Å². The molecule has 0 fully saturated rings. The van der Waals surface area contributed by atoms with E-state index in [0.29, 0.717) is 0 Å². The van der Waals surface area contributed by atoms with Crippen LogP contribution in [0.2, 0.25) is 0 Å². The van der Waals surface area contributed by atoms with Gasteiger partial charge in [0, 0.05) is 57.4 Å². The zero-order valence-corrected chi connectivity index (χ0v) is 16.8. The first kappa shape index (κ1) is 21.0. The van der Waals surface area contributed by atoms with Crippen molar-refractivity contribution in [1.29, 1.82) is 0 Å². The molecule has 0 aromatic heterocycles. The number of pyridine rings is 1. The molecule has 0 bridgehead atoms. The highest BCUT2D eigenvalue weighted by Gasteiger charge is 2.21. The molecule has 1 N–H and O–H groups in total. The van der Waals surface area contributed by atoms with Crippen LogP contribution >= 0.6 is 0 Å². The summed E-state index contributed by atoms with van der Waals surface area (Å²) in [6.45, 7) is 6.69. The van der Waals surface area contributed by atoms with Gasteiger partial charge in [-0.3, -0.25) is 0 Å². The lowest BCUT2D eigenvalue weighted by molar-refractivity contribution is -0.530. The summed E-state index contributed by atoms with van der Waals surface area (Å²) in [7, 11) is 1.47. The van der Waals surface area contributed by atoms with Gasteiger partial charge in [0.1, 0.15) is 7.05 Å². The molecular formula is C21H31N3O3. The summed E-state index contributed by atoms with van der Waals surface area (Å²) in [4.78, 5) is 0. The number of aliphatic hydroxyl groups is 1. The zero-order valence-electron chi connectivity index (χ0n) is 16.8. The second-order valence-electron chi connectivity index (χ2n) is 8.01. The average Bonchev–Trinajstić information content (AvgIpc) is 2.96. The lowest BCUT2D eigenvalue weighted by atomic mass is 10.0. The van der Waals surface area contributed by atoms with Crippen LogP contribution in [0.1, 0.15) is 57.6 Å². The van der Waals surface area contributed by atoms with E-state index in [1.165, 1.54) is 7.05 Å². The van der Waals surface area contributed by atoms with Crippen LogP contribution in [0.25, 0.3) is 11.1 Å². The topological polar surface area (TPSA) is 77.3 Å². The molecule has 27 heavy (non-hydrogen) atoms. The van der Waals surface area contributed by atoms with E-state index in [4.69, 9.17) is 5.11 Å². The van der Waals surface area contributed by atoms with E-state index in [2.05, 4.69) is 4.57 Å². The predicted molar refractivity (Wildman–Crippen MR) is 110 cm³/mol. The van der Waals surface area contributed by atoms with Crippen LogP contribution in [0, 0.1) is 10.4 Å². The lowest BCUT2D eigenvalue weighted by Crippen LogP contribution is -2.29. The van der Waals surface area contributed by atoms with Gasteiger partial charge in [-0.25, -0.2) is 9.48 Å². The fourth-order valence-electron chi connectivity index (χ4n) is 2.98. The van der Waals surface area contributed by atoms with Gasteiger partial charge in [0.2, 0.25) is 0 Å². The van der Waals surface area contributed by atoms with Crippen molar-refractivity contribution in [1.82, 2.24) is 4.57 Å². The minimum absolute atomic E-state index is 0.236. The van der Waals surface area contributed by atoms with Crippen LogP contribution in [0.15, 0.2) is 24.5 Å². The van der Waals surface area contributed by atoms with E-state index in [9.17, 15) is 10.4 Å². The number of nitrogens with zero attached hydrogens (tertiary/aromatic N) is 3. The van der Waals surface area contributed by atoms with Crippen molar-refractivity contribution >= 4 is 12.4 Å². The Morgan fingerprint density at radius 3 is 2.30 bits per heavy atom. The quantitative estimate of drug-likeness (QED) is 0.253. The second kappa shape index (κ2) is 9.04. The molecule has 0 radical (unpaired) electrons. The monoisotopic (exact) mass is 373 g/mol. The number of hydrogen-bond acceptors (Lipinski definition) is 3. The van der Waals surface area contributed by atoms with Crippen LogP contribution in [0.3, 0.4) is 0 Å². The van der Waals surface area contributed by atoms with Gasteiger partial charge in [0.05, 0.1) is 5.56 Å². The Kier molecular flexibility index (Phi) is 7.02. The van der Waals surface area contributed by atoms with Gasteiger partial charge in [0.15, 0.2) is 18.0 Å². The largest absolute Gasteiger partial charge is 0.624 e. The zero-order chi connectivity index (χ0) is 20.0. The smallest absolute Gasteiger partial charge is 0.183 e. The van der Waals surface area contributed by atoms with Gasteiger partial charge < -0.3 is 20.1 Å². The Hall–Kier alpha value is -2.34. The first-order valence-corrected chi connectivity index (χ1v) is 9.52. The highest BCUT2D eigenvalue weighted by molar-refractivity contribution is 5.96. The van der Waals surface area contributed by atoms with Crippen LogP contribution in [0.5, 0.6) is 0 Å². The Morgan fingerprint density at radius 1 is 0.963 bits per heavy atom. The molecule has 0 saturated carbocycles. The number of hydroxylamine groups is 2. The van der Waals surface area contributed by atoms with Crippen molar-refractivity contribution in [3.63, 3.8) is 0 Å². The summed E-state index contributed by atoms with van der Waals surface area (Å²) < 4.78 is 3.85. The molecule has 0 saturated heterocycles. The average molecular weight is 373 g/mol. The molecule has 0 unspecified atom stereocenters. The van der Waals surface area contributed by atoms with Gasteiger partial charge in [-0.2, -0.15) is 0 Å². The standard InChI is InChI=1S/C21H31N3O3/c1-21(2,3)24(27)15-17-9-10-19-18(13-22(4)26)14-23(16-20(17)19)11-7-5-6-8-12-25/h9-10,13-16,25H,5-8,11-12H2,1-4H3/b22-13-,24-15-. The molecule has 0 atom stereocenters. The number of hydrogen-bond donors (Lipinski definition) is 1. The third-order valence-electron chi connectivity index (χ3n) is 4.50. The van der Waals surface area contributed by atoms with Gasteiger partial charge in [-0.15, -0.1) is 0 Å². The lowest BCUT2D eigenvalue weighted by Gasteiger charge is -2.19. The molecule has 0 aromatic carbocycles. The van der Waals surface area contributed by atoms with Gasteiger partial charge in [-0.1, -0.05) is 18.9 Å². The van der Waals surface area contributed by atoms with Gasteiger partial charge >= 0.3 is 0 Å². The molecule has 2 aliphatic rings. The number of aliphatic hydroxyl groups excluding tert-OH is 1. The Bertz CT molecular complexity index is 781. The number of aryl methyl sites for hydroxylation is 1. The molecular weight excluding hydrogens is 342 g/mol. The third kappa shape index (κ3) is 5.82. The van der Waals surface area contributed by atoms with Crippen molar-refractivity contribution in [2.24, 2.45) is 0 Å². The summed E-state index contributed by atoms with van der Waals surface area (Å²) in [5.74, 6) is 0. The molecule has 0 aromatic rings. The van der Waals surface area contributed by atoms with Crippen molar-refractivity contribution < 1.29 is 14.6 Å². The molecule has 1 heterocycles. The third-order valence-corrected chi connectivity index (χ3v) is 4.50.